The van der Waals surface area contributed by atoms with Gasteiger partial charge in [-0.3, -0.25) is 0 Å². The number of rotatable bonds is 6. The van der Waals surface area contributed by atoms with E-state index >= 15 is 0 Å². The third-order valence-electron chi connectivity index (χ3n) is 3.25. The van der Waals surface area contributed by atoms with E-state index in [0.717, 1.165) is 19.4 Å². The molecule has 1 fully saturated rings. The maximum absolute atomic E-state index is 5.30. The zero-order valence-electron chi connectivity index (χ0n) is 10.0. The Kier molecular flexibility index (Phi) is 5.56. The van der Waals surface area contributed by atoms with E-state index in [4.69, 9.17) is 6.42 Å². The van der Waals surface area contributed by atoms with Crippen molar-refractivity contribution in [3.63, 3.8) is 0 Å². The number of nitrogens with one attached hydrogen (secondary N) is 1. The van der Waals surface area contributed by atoms with E-state index in [1.165, 1.54) is 25.0 Å². The lowest BCUT2D eigenvalue weighted by atomic mass is 9.92. The Labute approximate surface area is 98.8 Å². The van der Waals surface area contributed by atoms with E-state index in [-0.39, 0.29) is 0 Å². The molecular formula is C13H23NS. The molecule has 2 heteroatoms. The van der Waals surface area contributed by atoms with E-state index in [1.807, 2.05) is 0 Å². The number of thioether (sulfide) groups is 1. The summed E-state index contributed by atoms with van der Waals surface area (Å²) >= 11 is 2.14. The first-order valence-corrected chi connectivity index (χ1v) is 7.02. The molecule has 0 radical (unpaired) electrons. The van der Waals surface area contributed by atoms with Gasteiger partial charge in [-0.05, 0) is 44.9 Å². The highest BCUT2D eigenvalue weighted by Gasteiger charge is 2.36. The summed E-state index contributed by atoms with van der Waals surface area (Å²) in [4.78, 5) is 0. The molecule has 86 valence electrons. The predicted octanol–water partition coefficient (Wildman–Crippen LogP) is 3.05. The second kappa shape index (κ2) is 6.45. The third-order valence-corrected chi connectivity index (χ3v) is 4.89. The molecule has 2 atom stereocenters. The molecule has 0 saturated carbocycles. The summed E-state index contributed by atoms with van der Waals surface area (Å²) in [7, 11) is 0. The maximum Gasteiger partial charge on any atom is 0.0285 e. The van der Waals surface area contributed by atoms with Gasteiger partial charge in [0.05, 0.1) is 0 Å². The molecule has 0 aromatic carbocycles. The minimum absolute atomic E-state index is 0.449. The van der Waals surface area contributed by atoms with Gasteiger partial charge in [-0.2, -0.15) is 11.8 Å². The molecule has 1 N–H and O–H groups in total. The maximum atomic E-state index is 5.30. The lowest BCUT2D eigenvalue weighted by Crippen LogP contribution is -2.45. The lowest BCUT2D eigenvalue weighted by Gasteiger charge is -2.34. The van der Waals surface area contributed by atoms with Crippen LogP contribution in [0.25, 0.3) is 0 Å². The van der Waals surface area contributed by atoms with Crippen molar-refractivity contribution in [2.24, 2.45) is 0 Å². The Balaban J connectivity index is 2.45. The molecule has 0 aliphatic carbocycles. The van der Waals surface area contributed by atoms with Crippen LogP contribution in [0.1, 0.15) is 46.0 Å². The van der Waals surface area contributed by atoms with Crippen molar-refractivity contribution >= 4 is 11.8 Å². The molecule has 1 heterocycles. The van der Waals surface area contributed by atoms with Gasteiger partial charge in [0.1, 0.15) is 0 Å². The van der Waals surface area contributed by atoms with Gasteiger partial charge < -0.3 is 5.32 Å². The Morgan fingerprint density at radius 1 is 1.60 bits per heavy atom. The van der Waals surface area contributed by atoms with Gasteiger partial charge in [0.15, 0.2) is 0 Å². The van der Waals surface area contributed by atoms with Crippen molar-refractivity contribution in [1.82, 2.24) is 5.32 Å². The van der Waals surface area contributed by atoms with Gasteiger partial charge in [0, 0.05) is 17.2 Å². The molecule has 0 spiro atoms. The van der Waals surface area contributed by atoms with E-state index < -0.39 is 0 Å². The largest absolute Gasteiger partial charge is 0.313 e. The van der Waals surface area contributed by atoms with Crippen molar-refractivity contribution < 1.29 is 0 Å². The van der Waals surface area contributed by atoms with Crippen LogP contribution in [0.5, 0.6) is 0 Å². The van der Waals surface area contributed by atoms with Gasteiger partial charge in [-0.1, -0.05) is 6.92 Å². The molecular weight excluding hydrogens is 202 g/mol. The average molecular weight is 225 g/mol. The second-order valence-electron chi connectivity index (χ2n) is 4.47. The lowest BCUT2D eigenvalue weighted by molar-refractivity contribution is 0.381. The van der Waals surface area contributed by atoms with Crippen molar-refractivity contribution in [3.8, 4) is 12.3 Å². The molecule has 1 rings (SSSR count). The molecule has 1 nitrogen and oxygen atoms in total. The van der Waals surface area contributed by atoms with E-state index in [9.17, 15) is 0 Å². The Bertz CT molecular complexity index is 213. The minimum Gasteiger partial charge on any atom is -0.313 e. The van der Waals surface area contributed by atoms with Crippen molar-refractivity contribution in [3.05, 3.63) is 0 Å². The topological polar surface area (TPSA) is 12.0 Å². The first kappa shape index (κ1) is 12.9. The molecule has 1 saturated heterocycles. The van der Waals surface area contributed by atoms with Crippen molar-refractivity contribution in [2.45, 2.75) is 56.7 Å². The van der Waals surface area contributed by atoms with Crippen LogP contribution in [-0.4, -0.2) is 23.1 Å². The van der Waals surface area contributed by atoms with Crippen LogP contribution in [0.2, 0.25) is 0 Å². The highest BCUT2D eigenvalue weighted by atomic mass is 32.2. The number of terminal acetylenes is 1. The smallest absolute Gasteiger partial charge is 0.0285 e. The first-order valence-electron chi connectivity index (χ1n) is 6.03. The summed E-state index contributed by atoms with van der Waals surface area (Å²) in [5.74, 6) is 4.06. The summed E-state index contributed by atoms with van der Waals surface area (Å²) in [6, 6.07) is 0.642. The molecule has 1 aliphatic heterocycles. The van der Waals surface area contributed by atoms with Crippen molar-refractivity contribution in [2.75, 3.05) is 12.3 Å². The molecule has 0 aromatic rings. The van der Waals surface area contributed by atoms with E-state index in [0.29, 0.717) is 10.8 Å². The monoisotopic (exact) mass is 225 g/mol. The summed E-state index contributed by atoms with van der Waals surface area (Å²) < 4.78 is 0.449. The highest BCUT2D eigenvalue weighted by Crippen LogP contribution is 2.41. The number of unbranched alkanes of at least 4 members (excludes halogenated alkanes) is 1. The van der Waals surface area contributed by atoms with Crippen LogP contribution in [0.4, 0.5) is 0 Å². The Hall–Kier alpha value is -0.130. The standard InChI is InChI=1S/C13H23NS/c1-4-6-7-9-12(14-5-2)13(3)10-8-11-15-13/h1,12,14H,5-11H2,2-3H3. The Morgan fingerprint density at radius 2 is 2.40 bits per heavy atom. The molecule has 15 heavy (non-hydrogen) atoms. The van der Waals surface area contributed by atoms with E-state index in [2.05, 4.69) is 36.8 Å². The summed E-state index contributed by atoms with van der Waals surface area (Å²) in [5, 5.41) is 3.63. The second-order valence-corrected chi connectivity index (χ2v) is 6.10. The normalized spacial score (nSPS) is 27.5. The average Bonchev–Trinajstić information content (AvgIpc) is 2.65. The fourth-order valence-corrected chi connectivity index (χ4v) is 3.80. The van der Waals surface area contributed by atoms with Gasteiger partial charge >= 0.3 is 0 Å². The summed E-state index contributed by atoms with van der Waals surface area (Å²) in [6.07, 6.45) is 11.3. The van der Waals surface area contributed by atoms with Crippen LogP contribution in [-0.2, 0) is 0 Å². The molecule has 2 unspecified atom stereocenters. The summed E-state index contributed by atoms with van der Waals surface area (Å²) in [5.41, 5.74) is 0. The number of hydrogen-bond donors (Lipinski definition) is 1. The fraction of sp³-hybridized carbons (Fsp3) is 0.846. The summed E-state index contributed by atoms with van der Waals surface area (Å²) in [6.45, 7) is 5.67. The molecule has 0 amide bonds. The number of hydrogen-bond acceptors (Lipinski definition) is 2. The van der Waals surface area contributed by atoms with Gasteiger partial charge in [-0.15, -0.1) is 12.3 Å². The zero-order chi connectivity index (χ0) is 11.1. The van der Waals surface area contributed by atoms with Crippen LogP contribution in [0.3, 0.4) is 0 Å². The van der Waals surface area contributed by atoms with Crippen LogP contribution >= 0.6 is 11.8 Å². The van der Waals surface area contributed by atoms with Crippen molar-refractivity contribution in [1.29, 1.82) is 0 Å². The zero-order valence-corrected chi connectivity index (χ0v) is 10.8. The molecule has 1 aliphatic rings. The van der Waals surface area contributed by atoms with Crippen LogP contribution in [0, 0.1) is 12.3 Å². The quantitative estimate of drug-likeness (QED) is 0.551. The van der Waals surface area contributed by atoms with Gasteiger partial charge in [0.2, 0.25) is 0 Å². The molecule has 0 bridgehead atoms. The fourth-order valence-electron chi connectivity index (χ4n) is 2.35. The highest BCUT2D eigenvalue weighted by molar-refractivity contribution is 8.00. The SMILES string of the molecule is C#CCCCC(NCC)C1(C)CCCS1. The van der Waals surface area contributed by atoms with E-state index in [1.54, 1.807) is 0 Å². The Morgan fingerprint density at radius 3 is 2.93 bits per heavy atom. The van der Waals surface area contributed by atoms with Gasteiger partial charge in [-0.25, -0.2) is 0 Å². The van der Waals surface area contributed by atoms with Gasteiger partial charge in [0.25, 0.3) is 0 Å². The third kappa shape index (κ3) is 3.74. The minimum atomic E-state index is 0.449. The predicted molar refractivity (Wildman–Crippen MR) is 70.2 cm³/mol. The first-order chi connectivity index (χ1) is 7.23. The molecule has 0 aromatic heterocycles. The van der Waals surface area contributed by atoms with Crippen LogP contribution < -0.4 is 5.32 Å². The van der Waals surface area contributed by atoms with Crippen LogP contribution in [0.15, 0.2) is 0 Å².